The molecule has 1 aliphatic heterocycles. The second kappa shape index (κ2) is 9.39. The molecule has 1 aliphatic rings. The van der Waals surface area contributed by atoms with Gasteiger partial charge in [0, 0.05) is 43.9 Å². The number of rotatable bonds is 6. The van der Waals surface area contributed by atoms with Gasteiger partial charge in [-0.2, -0.15) is 5.10 Å². The molecule has 0 spiro atoms. The number of nitrogens with zero attached hydrogens (tertiary/aromatic N) is 3. The van der Waals surface area contributed by atoms with Crippen LogP contribution in [0, 0.1) is 0 Å². The smallest absolute Gasteiger partial charge is 0.221 e. The number of amides is 1. The quantitative estimate of drug-likeness (QED) is 0.815. The van der Waals surface area contributed by atoms with E-state index in [4.69, 9.17) is 5.73 Å². The molecule has 0 aliphatic carbocycles. The minimum Gasteiger partial charge on any atom is -0.354 e. The Kier molecular flexibility index (Phi) is 8.19. The fraction of sp³-hybridized carbons (Fsp3) is 0.765. The van der Waals surface area contributed by atoms with Crippen molar-refractivity contribution in [1.82, 2.24) is 20.0 Å². The van der Waals surface area contributed by atoms with Crippen LogP contribution in [0.3, 0.4) is 0 Å². The second-order valence-corrected chi connectivity index (χ2v) is 7.43. The molecular formula is C17H32ClN5O. The van der Waals surface area contributed by atoms with Gasteiger partial charge in [-0.25, -0.2) is 0 Å². The van der Waals surface area contributed by atoms with Crippen LogP contribution in [-0.2, 0) is 16.9 Å². The highest BCUT2D eigenvalue weighted by Gasteiger charge is 2.24. The monoisotopic (exact) mass is 357 g/mol. The highest BCUT2D eigenvalue weighted by atomic mass is 35.5. The van der Waals surface area contributed by atoms with E-state index in [1.807, 2.05) is 10.9 Å². The van der Waals surface area contributed by atoms with Crippen LogP contribution in [0.4, 0.5) is 0 Å². The van der Waals surface area contributed by atoms with Gasteiger partial charge in [0.05, 0.1) is 11.7 Å². The molecule has 1 atom stereocenters. The van der Waals surface area contributed by atoms with Gasteiger partial charge < -0.3 is 11.1 Å². The van der Waals surface area contributed by atoms with E-state index in [9.17, 15) is 4.79 Å². The maximum Gasteiger partial charge on any atom is 0.221 e. The number of carbonyl (C=O) groups excluding carboxylic acids is 1. The topological polar surface area (TPSA) is 76.2 Å². The van der Waals surface area contributed by atoms with Crippen LogP contribution in [-0.4, -0.2) is 46.3 Å². The molecule has 1 fully saturated rings. The van der Waals surface area contributed by atoms with Crippen molar-refractivity contribution in [2.75, 3.05) is 19.6 Å². The maximum absolute atomic E-state index is 11.6. The molecule has 3 N–H and O–H groups in total. The Labute approximate surface area is 151 Å². The SMILES string of the molecule is CC(C)(C)n1cc(CN2CCCCC2CNC(=O)CCN)cn1.Cl. The van der Waals surface area contributed by atoms with Crippen molar-refractivity contribution in [3.63, 3.8) is 0 Å². The lowest BCUT2D eigenvalue weighted by molar-refractivity contribution is -0.121. The molecule has 24 heavy (non-hydrogen) atoms. The number of halogens is 1. The molecule has 2 heterocycles. The summed E-state index contributed by atoms with van der Waals surface area (Å²) in [7, 11) is 0. The molecule has 0 saturated carbocycles. The van der Waals surface area contributed by atoms with Gasteiger partial charge in [0.25, 0.3) is 0 Å². The summed E-state index contributed by atoms with van der Waals surface area (Å²) >= 11 is 0. The highest BCUT2D eigenvalue weighted by Crippen LogP contribution is 2.20. The van der Waals surface area contributed by atoms with Gasteiger partial charge in [-0.15, -0.1) is 12.4 Å². The van der Waals surface area contributed by atoms with Crippen LogP contribution in [0.2, 0.25) is 0 Å². The zero-order valence-corrected chi connectivity index (χ0v) is 15.9. The first-order valence-electron chi connectivity index (χ1n) is 8.65. The number of aromatic nitrogens is 2. The molecule has 1 aromatic rings. The zero-order chi connectivity index (χ0) is 16.9. The first-order chi connectivity index (χ1) is 10.9. The zero-order valence-electron chi connectivity index (χ0n) is 15.1. The van der Waals surface area contributed by atoms with Crippen LogP contribution in [0.1, 0.15) is 52.0 Å². The largest absolute Gasteiger partial charge is 0.354 e. The van der Waals surface area contributed by atoms with Crippen molar-refractivity contribution in [2.45, 2.75) is 64.6 Å². The highest BCUT2D eigenvalue weighted by molar-refractivity contribution is 5.85. The molecule has 0 aromatic carbocycles. The lowest BCUT2D eigenvalue weighted by Crippen LogP contribution is -2.46. The number of hydrogen-bond donors (Lipinski definition) is 2. The van der Waals surface area contributed by atoms with Crippen LogP contribution >= 0.6 is 12.4 Å². The van der Waals surface area contributed by atoms with E-state index in [0.717, 1.165) is 19.5 Å². The summed E-state index contributed by atoms with van der Waals surface area (Å²) in [5.41, 5.74) is 6.67. The Morgan fingerprint density at radius 1 is 1.42 bits per heavy atom. The average molecular weight is 358 g/mol. The van der Waals surface area contributed by atoms with Crippen molar-refractivity contribution in [1.29, 1.82) is 0 Å². The number of carbonyl (C=O) groups is 1. The summed E-state index contributed by atoms with van der Waals surface area (Å²) in [6.45, 7) is 9.56. The van der Waals surface area contributed by atoms with E-state index in [-0.39, 0.29) is 23.9 Å². The number of nitrogens with one attached hydrogen (secondary N) is 1. The first-order valence-corrected chi connectivity index (χ1v) is 8.65. The number of piperidine rings is 1. The normalized spacial score (nSPS) is 18.9. The van der Waals surface area contributed by atoms with Crippen molar-refractivity contribution in [3.05, 3.63) is 18.0 Å². The third-order valence-electron chi connectivity index (χ3n) is 4.36. The summed E-state index contributed by atoms with van der Waals surface area (Å²) in [5, 5.41) is 7.50. The number of nitrogens with two attached hydrogens (primary N) is 1. The second-order valence-electron chi connectivity index (χ2n) is 7.43. The number of hydrogen-bond acceptors (Lipinski definition) is 4. The van der Waals surface area contributed by atoms with Crippen LogP contribution in [0.25, 0.3) is 0 Å². The van der Waals surface area contributed by atoms with Gasteiger partial charge in [-0.05, 0) is 40.2 Å². The third kappa shape index (κ3) is 6.07. The molecule has 1 amide bonds. The average Bonchev–Trinajstić information content (AvgIpc) is 2.95. The molecule has 0 radical (unpaired) electrons. The van der Waals surface area contributed by atoms with Gasteiger partial charge in [0.1, 0.15) is 0 Å². The van der Waals surface area contributed by atoms with Crippen LogP contribution in [0.5, 0.6) is 0 Å². The van der Waals surface area contributed by atoms with Crippen molar-refractivity contribution in [3.8, 4) is 0 Å². The van der Waals surface area contributed by atoms with Crippen molar-refractivity contribution >= 4 is 18.3 Å². The fourth-order valence-electron chi connectivity index (χ4n) is 2.99. The maximum atomic E-state index is 11.6. The van der Waals surface area contributed by atoms with E-state index >= 15 is 0 Å². The third-order valence-corrected chi connectivity index (χ3v) is 4.36. The van der Waals surface area contributed by atoms with Gasteiger partial charge in [0.2, 0.25) is 5.91 Å². The summed E-state index contributed by atoms with van der Waals surface area (Å²) in [4.78, 5) is 14.1. The Morgan fingerprint density at radius 3 is 2.79 bits per heavy atom. The first kappa shape index (κ1) is 20.9. The van der Waals surface area contributed by atoms with Gasteiger partial charge >= 0.3 is 0 Å². The van der Waals surface area contributed by atoms with Crippen LogP contribution < -0.4 is 11.1 Å². The molecular weight excluding hydrogens is 326 g/mol. The lowest BCUT2D eigenvalue weighted by atomic mass is 10.0. The van der Waals surface area contributed by atoms with E-state index < -0.39 is 0 Å². The molecule has 1 aromatic heterocycles. The molecule has 1 unspecified atom stereocenters. The fourth-order valence-corrected chi connectivity index (χ4v) is 2.99. The minimum absolute atomic E-state index is 0. The predicted octanol–water partition coefficient (Wildman–Crippen LogP) is 1.88. The molecule has 1 saturated heterocycles. The van der Waals surface area contributed by atoms with Crippen molar-refractivity contribution in [2.24, 2.45) is 5.73 Å². The van der Waals surface area contributed by atoms with Gasteiger partial charge in [0.15, 0.2) is 0 Å². The van der Waals surface area contributed by atoms with E-state index in [1.165, 1.54) is 18.4 Å². The Morgan fingerprint density at radius 2 is 2.17 bits per heavy atom. The van der Waals surface area contributed by atoms with Gasteiger partial charge in [-0.3, -0.25) is 14.4 Å². The molecule has 2 rings (SSSR count). The molecule has 0 bridgehead atoms. The lowest BCUT2D eigenvalue weighted by Gasteiger charge is -2.35. The summed E-state index contributed by atoms with van der Waals surface area (Å²) in [6, 6.07) is 0.406. The van der Waals surface area contributed by atoms with Crippen LogP contribution in [0.15, 0.2) is 12.4 Å². The molecule has 6 nitrogen and oxygen atoms in total. The standard InChI is InChI=1S/C17H31N5O.ClH/c1-17(2,3)22-13-14(10-20-22)12-21-9-5-4-6-15(21)11-19-16(23)7-8-18;/h10,13,15H,4-9,11-12,18H2,1-3H3,(H,19,23);1H. The van der Waals surface area contributed by atoms with E-state index in [2.05, 4.69) is 42.3 Å². The van der Waals surface area contributed by atoms with E-state index in [1.54, 1.807) is 0 Å². The van der Waals surface area contributed by atoms with E-state index in [0.29, 0.717) is 25.6 Å². The minimum atomic E-state index is 0. The summed E-state index contributed by atoms with van der Waals surface area (Å²) in [6.07, 6.45) is 8.10. The Hall–Kier alpha value is -1.11. The Balaban J connectivity index is 0.00000288. The molecule has 138 valence electrons. The Bertz CT molecular complexity index is 511. The molecule has 7 heteroatoms. The predicted molar refractivity (Wildman–Crippen MR) is 99.2 cm³/mol. The number of likely N-dealkylation sites (tertiary alicyclic amines) is 1. The van der Waals surface area contributed by atoms with Gasteiger partial charge in [-0.1, -0.05) is 6.42 Å². The summed E-state index contributed by atoms with van der Waals surface area (Å²) < 4.78 is 2.02. The van der Waals surface area contributed by atoms with Crippen molar-refractivity contribution < 1.29 is 4.79 Å². The summed E-state index contributed by atoms with van der Waals surface area (Å²) in [5.74, 6) is 0.0542.